The molecule has 0 fully saturated rings. The van der Waals surface area contributed by atoms with Crippen molar-refractivity contribution in [1.29, 1.82) is 0 Å². The quantitative estimate of drug-likeness (QED) is 0.641. The van der Waals surface area contributed by atoms with Crippen molar-refractivity contribution in [2.45, 2.75) is 13.1 Å². The molecule has 0 bridgehead atoms. The Bertz CT molecular complexity index is 264. The van der Waals surface area contributed by atoms with Gasteiger partial charge in [0.15, 0.2) is 0 Å². The molecular formula is C9H10F2O. The smallest absolute Gasteiger partial charge is 0.140 e. The predicted octanol–water partition coefficient (Wildman–Crippen LogP) is 2.06. The van der Waals surface area contributed by atoms with E-state index in [2.05, 4.69) is 0 Å². The summed E-state index contributed by atoms with van der Waals surface area (Å²) in [6.45, 7) is 1.16. The molecule has 12 heavy (non-hydrogen) atoms. The second kappa shape index (κ2) is 3.63. The van der Waals surface area contributed by atoms with Gasteiger partial charge in [0.25, 0.3) is 0 Å². The molecule has 0 aliphatic heterocycles. The van der Waals surface area contributed by atoms with Crippen LogP contribution in [-0.2, 0) is 0 Å². The number of aliphatic hydroxyl groups is 1. The Hall–Kier alpha value is -0.960. The lowest BCUT2D eigenvalue weighted by Crippen LogP contribution is -1.96. The van der Waals surface area contributed by atoms with Crippen molar-refractivity contribution >= 4 is 0 Å². The maximum atomic E-state index is 12.9. The molecule has 66 valence electrons. The van der Waals surface area contributed by atoms with E-state index >= 15 is 0 Å². The molecule has 1 unspecified atom stereocenters. The van der Waals surface area contributed by atoms with Crippen LogP contribution >= 0.6 is 0 Å². The molecule has 0 spiro atoms. The van der Waals surface area contributed by atoms with Gasteiger partial charge < -0.3 is 5.11 Å². The molecule has 1 rings (SSSR count). The molecule has 1 N–H and O–H groups in total. The molecule has 0 aromatic rings. The molecule has 1 atom stereocenters. The summed E-state index contributed by atoms with van der Waals surface area (Å²) in [5.41, 5.74) is 0.534. The average molecular weight is 172 g/mol. The van der Waals surface area contributed by atoms with Crippen LogP contribution in [0.2, 0.25) is 0 Å². The fraction of sp³-hybridized carbons (Fsp3) is 0.333. The molecule has 0 heterocycles. The minimum atomic E-state index is -1.25. The van der Waals surface area contributed by atoms with Gasteiger partial charge in [-0.3, -0.25) is 0 Å². The fourth-order valence-electron chi connectivity index (χ4n) is 0.972. The Balaban J connectivity index is 3.04. The highest BCUT2D eigenvalue weighted by molar-refractivity contribution is 5.37. The van der Waals surface area contributed by atoms with Gasteiger partial charge in [-0.05, 0) is 24.6 Å². The van der Waals surface area contributed by atoms with E-state index in [1.807, 2.05) is 0 Å². The predicted molar refractivity (Wildman–Crippen MR) is 43.0 cm³/mol. The topological polar surface area (TPSA) is 20.2 Å². The lowest BCUT2D eigenvalue weighted by molar-refractivity contribution is 0.331. The second-order valence-corrected chi connectivity index (χ2v) is 2.68. The van der Waals surface area contributed by atoms with Gasteiger partial charge in [-0.1, -0.05) is 6.08 Å². The van der Waals surface area contributed by atoms with E-state index in [4.69, 9.17) is 5.11 Å². The summed E-state index contributed by atoms with van der Waals surface area (Å²) in [6.07, 6.45) is 2.26. The van der Waals surface area contributed by atoms with Crippen LogP contribution in [0.4, 0.5) is 8.78 Å². The van der Waals surface area contributed by atoms with Crippen molar-refractivity contribution in [3.8, 4) is 0 Å². The number of hydrogen-bond donors (Lipinski definition) is 1. The highest BCUT2D eigenvalue weighted by Crippen LogP contribution is 2.19. The van der Waals surface area contributed by atoms with Crippen LogP contribution in [0.15, 0.2) is 35.2 Å². The van der Waals surface area contributed by atoms with E-state index in [9.17, 15) is 8.78 Å². The highest BCUT2D eigenvalue weighted by Gasteiger charge is 2.11. The molecule has 0 saturated carbocycles. The summed E-state index contributed by atoms with van der Waals surface area (Å²) < 4.78 is 25.8. The van der Waals surface area contributed by atoms with Gasteiger partial charge in [0.2, 0.25) is 0 Å². The van der Waals surface area contributed by atoms with Crippen LogP contribution in [0.5, 0.6) is 0 Å². The van der Waals surface area contributed by atoms with E-state index in [-0.39, 0.29) is 5.57 Å². The van der Waals surface area contributed by atoms with Gasteiger partial charge in [-0.2, -0.15) is 0 Å². The minimum absolute atomic E-state index is 0.129. The van der Waals surface area contributed by atoms with Crippen LogP contribution in [0, 0.1) is 0 Å². The molecule has 0 saturated heterocycles. The van der Waals surface area contributed by atoms with Gasteiger partial charge in [0.1, 0.15) is 12.0 Å². The molecule has 1 nitrogen and oxygen atoms in total. The second-order valence-electron chi connectivity index (χ2n) is 2.68. The van der Waals surface area contributed by atoms with E-state index in [1.54, 1.807) is 6.92 Å². The number of hydrogen-bond acceptors (Lipinski definition) is 1. The van der Waals surface area contributed by atoms with Crippen LogP contribution in [0.3, 0.4) is 0 Å². The minimum Gasteiger partial charge on any atom is -0.392 e. The van der Waals surface area contributed by atoms with Crippen LogP contribution in [0.25, 0.3) is 0 Å². The van der Waals surface area contributed by atoms with Crippen molar-refractivity contribution in [3.63, 3.8) is 0 Å². The summed E-state index contributed by atoms with van der Waals surface area (Å²) in [6, 6.07) is 0. The van der Waals surface area contributed by atoms with Gasteiger partial charge in [-0.15, -0.1) is 0 Å². The van der Waals surface area contributed by atoms with Crippen molar-refractivity contribution in [2.24, 2.45) is 0 Å². The first kappa shape index (κ1) is 9.13. The molecular weight excluding hydrogens is 162 g/mol. The lowest BCUT2D eigenvalue weighted by atomic mass is 10.1. The third kappa shape index (κ3) is 1.80. The fourth-order valence-corrected chi connectivity index (χ4v) is 0.972. The van der Waals surface area contributed by atoms with E-state index in [1.165, 1.54) is 6.08 Å². The van der Waals surface area contributed by atoms with Crippen molar-refractivity contribution < 1.29 is 13.9 Å². The average Bonchev–Trinajstić information content (AvgIpc) is 2.18. The summed E-state index contributed by atoms with van der Waals surface area (Å²) in [7, 11) is 0. The molecule has 0 aromatic heterocycles. The Kier molecular flexibility index (Phi) is 2.76. The van der Waals surface area contributed by atoms with Gasteiger partial charge in [0.05, 0.1) is 6.61 Å². The zero-order valence-electron chi connectivity index (χ0n) is 6.72. The molecule has 3 heteroatoms. The van der Waals surface area contributed by atoms with E-state index < -0.39 is 18.6 Å². The number of alkyl halides is 1. The third-order valence-corrected chi connectivity index (χ3v) is 1.73. The summed E-state index contributed by atoms with van der Waals surface area (Å²) >= 11 is 0. The first-order valence-electron chi connectivity index (χ1n) is 3.65. The molecule has 1 aliphatic carbocycles. The van der Waals surface area contributed by atoms with Crippen LogP contribution < -0.4 is 0 Å². The highest BCUT2D eigenvalue weighted by atomic mass is 19.1. The number of halogens is 2. The zero-order valence-corrected chi connectivity index (χ0v) is 6.72. The summed E-state index contributed by atoms with van der Waals surface area (Å²) in [4.78, 5) is 0. The maximum absolute atomic E-state index is 12.9. The third-order valence-electron chi connectivity index (χ3n) is 1.73. The number of aliphatic hydroxyl groups excluding tert-OH is 1. The molecule has 0 radical (unpaired) electrons. The maximum Gasteiger partial charge on any atom is 0.140 e. The van der Waals surface area contributed by atoms with Crippen molar-refractivity contribution in [2.75, 3.05) is 6.61 Å². The largest absolute Gasteiger partial charge is 0.392 e. The van der Waals surface area contributed by atoms with E-state index in [0.717, 1.165) is 12.2 Å². The lowest BCUT2D eigenvalue weighted by Gasteiger charge is -2.00. The molecule has 1 aliphatic rings. The Morgan fingerprint density at radius 1 is 1.58 bits per heavy atom. The Morgan fingerprint density at radius 2 is 2.25 bits per heavy atom. The van der Waals surface area contributed by atoms with Crippen LogP contribution in [-0.4, -0.2) is 17.9 Å². The van der Waals surface area contributed by atoms with E-state index in [0.29, 0.717) is 5.57 Å². The van der Waals surface area contributed by atoms with Gasteiger partial charge in [-0.25, -0.2) is 8.78 Å². The SMILES string of the molecule is CC1=CC(CO)=C(F)C=CC1F. The monoisotopic (exact) mass is 172 g/mol. The number of allylic oxidation sites excluding steroid dienone is 4. The first-order chi connectivity index (χ1) is 5.65. The number of rotatable bonds is 1. The summed E-state index contributed by atoms with van der Waals surface area (Å²) in [5.74, 6) is -0.572. The standard InChI is InChI=1S/C9H10F2O/c1-6-4-7(5-12)9(11)3-2-8(6)10/h2-4,8,12H,5H2,1H3. The Labute approximate surface area is 69.7 Å². The van der Waals surface area contributed by atoms with Gasteiger partial charge in [0, 0.05) is 5.57 Å². The molecule has 0 aromatic carbocycles. The Morgan fingerprint density at radius 3 is 2.83 bits per heavy atom. The van der Waals surface area contributed by atoms with Crippen molar-refractivity contribution in [1.82, 2.24) is 0 Å². The summed E-state index contributed by atoms with van der Waals surface area (Å²) in [5, 5.41) is 8.69. The van der Waals surface area contributed by atoms with Gasteiger partial charge >= 0.3 is 0 Å². The first-order valence-corrected chi connectivity index (χ1v) is 3.65. The molecule has 0 amide bonds. The van der Waals surface area contributed by atoms with Crippen LogP contribution in [0.1, 0.15) is 6.92 Å². The zero-order chi connectivity index (χ0) is 9.14. The van der Waals surface area contributed by atoms with Crippen molar-refractivity contribution in [3.05, 3.63) is 35.2 Å². The normalized spacial score (nSPS) is 24.0.